The molecule has 2 radical (unpaired) electrons. The molecule has 2 nitrogen and oxygen atoms in total. The molecular weight excluding hydrogens is 149 g/mol. The number of pyridine rings is 1. The van der Waals surface area contributed by atoms with Crippen molar-refractivity contribution >= 4 is 24.2 Å². The van der Waals surface area contributed by atoms with E-state index in [-0.39, 0.29) is 5.75 Å². The summed E-state index contributed by atoms with van der Waals surface area (Å²) >= 11 is 0. The minimum Gasteiger partial charge on any atom is -0.507 e. The molecular formula is C9H6BNO. The zero-order chi connectivity index (χ0) is 8.55. The van der Waals surface area contributed by atoms with Crippen molar-refractivity contribution in [1.82, 2.24) is 4.98 Å². The Morgan fingerprint density at radius 3 is 2.83 bits per heavy atom. The van der Waals surface area contributed by atoms with Crippen LogP contribution in [0.25, 0.3) is 10.9 Å². The number of nitrogens with zero attached hydrogens (tertiary/aromatic N) is 1. The Morgan fingerprint density at radius 2 is 2.08 bits per heavy atom. The predicted octanol–water partition coefficient (Wildman–Crippen LogP) is 0.734. The summed E-state index contributed by atoms with van der Waals surface area (Å²) in [5.74, 6) is 0.215. The van der Waals surface area contributed by atoms with Crippen molar-refractivity contribution in [3.8, 4) is 5.75 Å². The van der Waals surface area contributed by atoms with E-state index in [9.17, 15) is 5.11 Å². The van der Waals surface area contributed by atoms with Crippen LogP contribution in [-0.4, -0.2) is 17.9 Å². The molecule has 0 atom stereocenters. The monoisotopic (exact) mass is 155 g/mol. The highest BCUT2D eigenvalue weighted by atomic mass is 16.3. The van der Waals surface area contributed by atoms with Gasteiger partial charge in [0.2, 0.25) is 0 Å². The van der Waals surface area contributed by atoms with Gasteiger partial charge >= 0.3 is 0 Å². The van der Waals surface area contributed by atoms with E-state index in [1.54, 1.807) is 30.5 Å². The molecule has 0 unspecified atom stereocenters. The number of aromatic nitrogens is 1. The van der Waals surface area contributed by atoms with Crippen LogP contribution >= 0.6 is 0 Å². The summed E-state index contributed by atoms with van der Waals surface area (Å²) in [6.45, 7) is 0. The van der Waals surface area contributed by atoms with E-state index in [1.165, 1.54) is 0 Å². The fourth-order valence-corrected chi connectivity index (χ4v) is 1.18. The Balaban J connectivity index is 2.95. The zero-order valence-electron chi connectivity index (χ0n) is 6.36. The van der Waals surface area contributed by atoms with Crippen molar-refractivity contribution in [3.05, 3.63) is 30.5 Å². The molecule has 0 bridgehead atoms. The second-order valence-electron chi connectivity index (χ2n) is 2.57. The summed E-state index contributed by atoms with van der Waals surface area (Å²) < 4.78 is 0. The van der Waals surface area contributed by atoms with Crippen LogP contribution in [0.1, 0.15) is 0 Å². The van der Waals surface area contributed by atoms with Gasteiger partial charge in [-0.3, -0.25) is 4.98 Å². The van der Waals surface area contributed by atoms with E-state index < -0.39 is 0 Å². The van der Waals surface area contributed by atoms with Crippen molar-refractivity contribution in [1.29, 1.82) is 0 Å². The van der Waals surface area contributed by atoms with E-state index in [4.69, 9.17) is 7.85 Å². The van der Waals surface area contributed by atoms with Gasteiger partial charge in [-0.25, -0.2) is 0 Å². The number of hydrogen-bond acceptors (Lipinski definition) is 2. The van der Waals surface area contributed by atoms with Gasteiger partial charge in [0.1, 0.15) is 13.6 Å². The van der Waals surface area contributed by atoms with Gasteiger partial charge in [0.15, 0.2) is 0 Å². The summed E-state index contributed by atoms with van der Waals surface area (Å²) in [6.07, 6.45) is 1.65. The Kier molecular flexibility index (Phi) is 1.50. The Bertz CT molecular complexity index is 387. The molecule has 0 spiro atoms. The van der Waals surface area contributed by atoms with Crippen LogP contribution in [-0.2, 0) is 0 Å². The molecule has 2 rings (SSSR count). The molecule has 12 heavy (non-hydrogen) atoms. The highest BCUT2D eigenvalue weighted by Crippen LogP contribution is 2.19. The van der Waals surface area contributed by atoms with Crippen LogP contribution < -0.4 is 5.46 Å². The van der Waals surface area contributed by atoms with Crippen molar-refractivity contribution in [2.45, 2.75) is 0 Å². The maximum absolute atomic E-state index is 9.40. The Hall–Kier alpha value is -1.51. The number of aromatic hydroxyl groups is 1. The number of hydrogen-bond donors (Lipinski definition) is 1. The highest BCUT2D eigenvalue weighted by molar-refractivity contribution is 6.38. The lowest BCUT2D eigenvalue weighted by Gasteiger charge is -2.01. The molecule has 56 valence electrons. The van der Waals surface area contributed by atoms with E-state index in [2.05, 4.69) is 4.98 Å². The van der Waals surface area contributed by atoms with Crippen LogP contribution in [0, 0.1) is 0 Å². The number of phenolic OH excluding ortho intramolecular Hbond substituents is 1. The first-order valence-corrected chi connectivity index (χ1v) is 3.61. The van der Waals surface area contributed by atoms with Crippen LogP contribution in [0.15, 0.2) is 30.5 Å². The first-order chi connectivity index (χ1) is 5.79. The fourth-order valence-electron chi connectivity index (χ4n) is 1.18. The van der Waals surface area contributed by atoms with Crippen LogP contribution in [0.4, 0.5) is 0 Å². The minimum atomic E-state index is 0.215. The average Bonchev–Trinajstić information content (AvgIpc) is 2.12. The third-order valence-electron chi connectivity index (χ3n) is 1.78. The summed E-state index contributed by atoms with van der Waals surface area (Å²) in [7, 11) is 5.65. The molecule has 0 saturated carbocycles. The third kappa shape index (κ3) is 0.943. The first-order valence-electron chi connectivity index (χ1n) is 3.61. The van der Waals surface area contributed by atoms with E-state index in [0.717, 1.165) is 0 Å². The lowest BCUT2D eigenvalue weighted by atomic mass is 9.93. The number of phenols is 1. The SMILES string of the molecule is [B]c1ccc(O)c2cccnc12. The van der Waals surface area contributed by atoms with E-state index >= 15 is 0 Å². The average molecular weight is 155 g/mol. The number of rotatable bonds is 0. The molecule has 1 aromatic carbocycles. The molecule has 2 aromatic rings. The van der Waals surface area contributed by atoms with Gasteiger partial charge in [0.05, 0.1) is 5.52 Å². The molecule has 1 aromatic heterocycles. The van der Waals surface area contributed by atoms with Gasteiger partial charge in [0, 0.05) is 11.6 Å². The topological polar surface area (TPSA) is 33.1 Å². The molecule has 0 aliphatic heterocycles. The summed E-state index contributed by atoms with van der Waals surface area (Å²) in [5, 5.41) is 10.1. The van der Waals surface area contributed by atoms with Gasteiger partial charge < -0.3 is 5.11 Å². The second kappa shape index (κ2) is 2.52. The van der Waals surface area contributed by atoms with Crippen molar-refractivity contribution < 1.29 is 5.11 Å². The largest absolute Gasteiger partial charge is 0.507 e. The van der Waals surface area contributed by atoms with Gasteiger partial charge in [-0.1, -0.05) is 11.5 Å². The van der Waals surface area contributed by atoms with Crippen LogP contribution in [0.2, 0.25) is 0 Å². The van der Waals surface area contributed by atoms with Gasteiger partial charge in [-0.15, -0.1) is 0 Å². The fraction of sp³-hybridized carbons (Fsp3) is 0. The molecule has 0 aliphatic rings. The number of fused-ring (bicyclic) bond motifs is 1. The molecule has 1 N–H and O–H groups in total. The van der Waals surface area contributed by atoms with E-state index in [1.807, 2.05) is 0 Å². The van der Waals surface area contributed by atoms with Crippen molar-refractivity contribution in [2.75, 3.05) is 0 Å². The lowest BCUT2D eigenvalue weighted by Crippen LogP contribution is -2.04. The molecule has 0 amide bonds. The minimum absolute atomic E-state index is 0.215. The summed E-state index contributed by atoms with van der Waals surface area (Å²) in [5.41, 5.74) is 1.24. The molecule has 0 saturated heterocycles. The van der Waals surface area contributed by atoms with Gasteiger partial charge in [-0.2, -0.15) is 0 Å². The highest BCUT2D eigenvalue weighted by Gasteiger charge is 2.00. The predicted molar refractivity (Wildman–Crippen MR) is 48.8 cm³/mol. The second-order valence-corrected chi connectivity index (χ2v) is 2.57. The summed E-state index contributed by atoms with van der Waals surface area (Å²) in [4.78, 5) is 4.06. The quantitative estimate of drug-likeness (QED) is 0.569. The maximum Gasteiger partial charge on any atom is 0.124 e. The Labute approximate surface area is 71.3 Å². The van der Waals surface area contributed by atoms with Crippen molar-refractivity contribution in [2.24, 2.45) is 0 Å². The lowest BCUT2D eigenvalue weighted by molar-refractivity contribution is 0.481. The van der Waals surface area contributed by atoms with Crippen LogP contribution in [0.3, 0.4) is 0 Å². The Morgan fingerprint density at radius 1 is 1.25 bits per heavy atom. The van der Waals surface area contributed by atoms with Gasteiger partial charge in [0.25, 0.3) is 0 Å². The van der Waals surface area contributed by atoms with Gasteiger partial charge in [-0.05, 0) is 18.2 Å². The zero-order valence-corrected chi connectivity index (χ0v) is 6.36. The third-order valence-corrected chi connectivity index (χ3v) is 1.78. The molecule has 0 aliphatic carbocycles. The summed E-state index contributed by atoms with van der Waals surface area (Å²) in [6, 6.07) is 6.76. The smallest absolute Gasteiger partial charge is 0.124 e. The normalized spacial score (nSPS) is 10.3. The molecule has 3 heteroatoms. The molecule has 0 fully saturated rings. The molecule has 1 heterocycles. The van der Waals surface area contributed by atoms with Crippen molar-refractivity contribution in [3.63, 3.8) is 0 Å². The standard InChI is InChI=1S/C9H6BNO/c10-7-3-4-8(12)6-2-1-5-11-9(6)7/h1-5,12H. The van der Waals surface area contributed by atoms with E-state index in [0.29, 0.717) is 16.4 Å². The van der Waals surface area contributed by atoms with Crippen LogP contribution in [0.5, 0.6) is 5.75 Å². The maximum atomic E-state index is 9.40. The first kappa shape index (κ1) is 7.16. The number of benzene rings is 1.